The van der Waals surface area contributed by atoms with Crippen LogP contribution >= 0.6 is 0 Å². The normalized spacial score (nSPS) is 23.2. The summed E-state index contributed by atoms with van der Waals surface area (Å²) in [6.07, 6.45) is 2.58. The SMILES string of the molecule is CC1CN(C(=O)/C(C#N)=C\Nc2ncn[nH]2)CC(C)O1. The Hall–Kier alpha value is -2.40. The Bertz CT molecular complexity index is 523. The van der Waals surface area contributed by atoms with Gasteiger partial charge < -0.3 is 15.0 Å². The Labute approximate surface area is 116 Å². The van der Waals surface area contributed by atoms with Crippen molar-refractivity contribution in [2.24, 2.45) is 0 Å². The van der Waals surface area contributed by atoms with Crippen LogP contribution in [0.5, 0.6) is 0 Å². The second-order valence-electron chi connectivity index (χ2n) is 4.62. The number of nitriles is 1. The highest BCUT2D eigenvalue weighted by Gasteiger charge is 2.27. The second-order valence-corrected chi connectivity index (χ2v) is 4.62. The molecule has 0 bridgehead atoms. The number of aromatic nitrogens is 3. The van der Waals surface area contributed by atoms with Gasteiger partial charge in [-0.05, 0) is 13.8 Å². The maximum absolute atomic E-state index is 12.3. The first kappa shape index (κ1) is 14.0. The Morgan fingerprint density at radius 1 is 1.60 bits per heavy atom. The quantitative estimate of drug-likeness (QED) is 0.605. The molecule has 0 saturated carbocycles. The number of nitrogens with zero attached hydrogens (tertiary/aromatic N) is 4. The van der Waals surface area contributed by atoms with Crippen molar-refractivity contribution in [2.75, 3.05) is 18.4 Å². The van der Waals surface area contributed by atoms with Crippen molar-refractivity contribution in [3.05, 3.63) is 18.1 Å². The zero-order valence-corrected chi connectivity index (χ0v) is 11.3. The first-order valence-corrected chi connectivity index (χ1v) is 6.27. The van der Waals surface area contributed by atoms with Crippen LogP contribution in [0, 0.1) is 11.3 Å². The number of amides is 1. The van der Waals surface area contributed by atoms with E-state index in [9.17, 15) is 4.79 Å². The zero-order valence-electron chi connectivity index (χ0n) is 11.3. The molecule has 20 heavy (non-hydrogen) atoms. The molecule has 1 amide bonds. The third-order valence-electron chi connectivity index (χ3n) is 2.83. The van der Waals surface area contributed by atoms with Gasteiger partial charge in [-0.15, -0.1) is 0 Å². The number of carbonyl (C=O) groups excluding carboxylic acids is 1. The molecule has 1 aromatic heterocycles. The van der Waals surface area contributed by atoms with Crippen LogP contribution in [0.1, 0.15) is 13.8 Å². The van der Waals surface area contributed by atoms with Crippen LogP contribution in [0.2, 0.25) is 0 Å². The number of rotatable bonds is 3. The molecule has 0 radical (unpaired) electrons. The van der Waals surface area contributed by atoms with E-state index in [0.717, 1.165) is 0 Å². The number of anilines is 1. The number of nitrogens with one attached hydrogen (secondary N) is 2. The van der Waals surface area contributed by atoms with E-state index in [2.05, 4.69) is 20.5 Å². The molecule has 8 nitrogen and oxygen atoms in total. The van der Waals surface area contributed by atoms with Crippen LogP contribution in [-0.2, 0) is 9.53 Å². The van der Waals surface area contributed by atoms with Crippen LogP contribution in [0.4, 0.5) is 5.95 Å². The maximum atomic E-state index is 12.3. The molecule has 0 aromatic carbocycles. The van der Waals surface area contributed by atoms with Gasteiger partial charge in [0.25, 0.3) is 5.91 Å². The van der Waals surface area contributed by atoms with Crippen LogP contribution in [0.3, 0.4) is 0 Å². The van der Waals surface area contributed by atoms with Crippen molar-refractivity contribution in [1.29, 1.82) is 5.26 Å². The molecule has 0 spiro atoms. The van der Waals surface area contributed by atoms with E-state index in [1.54, 1.807) is 4.90 Å². The van der Waals surface area contributed by atoms with Crippen LogP contribution in [-0.4, -0.2) is 51.3 Å². The average Bonchev–Trinajstić information content (AvgIpc) is 2.91. The Morgan fingerprint density at radius 3 is 2.85 bits per heavy atom. The number of ether oxygens (including phenoxy) is 1. The van der Waals surface area contributed by atoms with Gasteiger partial charge in [0.15, 0.2) is 0 Å². The van der Waals surface area contributed by atoms with Crippen molar-refractivity contribution in [1.82, 2.24) is 20.1 Å². The molecular formula is C12H16N6O2. The third-order valence-corrected chi connectivity index (χ3v) is 2.83. The molecule has 106 valence electrons. The van der Waals surface area contributed by atoms with E-state index in [1.165, 1.54) is 12.5 Å². The van der Waals surface area contributed by atoms with E-state index < -0.39 is 0 Å². The second kappa shape index (κ2) is 6.16. The number of hydrogen-bond acceptors (Lipinski definition) is 6. The van der Waals surface area contributed by atoms with Crippen LogP contribution in [0.25, 0.3) is 0 Å². The molecule has 1 saturated heterocycles. The summed E-state index contributed by atoms with van der Waals surface area (Å²) in [5.41, 5.74) is 0.0164. The van der Waals surface area contributed by atoms with Gasteiger partial charge in [-0.25, -0.2) is 5.10 Å². The highest BCUT2D eigenvalue weighted by atomic mass is 16.5. The third kappa shape index (κ3) is 3.33. The lowest BCUT2D eigenvalue weighted by Crippen LogP contribution is -2.48. The molecule has 1 aliphatic heterocycles. The van der Waals surface area contributed by atoms with E-state index in [1.807, 2.05) is 19.9 Å². The van der Waals surface area contributed by atoms with Gasteiger partial charge in [0.1, 0.15) is 18.0 Å². The van der Waals surface area contributed by atoms with Gasteiger partial charge in [-0.3, -0.25) is 4.79 Å². The lowest BCUT2D eigenvalue weighted by Gasteiger charge is -2.35. The summed E-state index contributed by atoms with van der Waals surface area (Å²) < 4.78 is 5.56. The first-order valence-electron chi connectivity index (χ1n) is 6.27. The largest absolute Gasteiger partial charge is 0.372 e. The Balaban J connectivity index is 2.05. The van der Waals surface area contributed by atoms with Gasteiger partial charge in [0.05, 0.1) is 12.2 Å². The molecule has 8 heteroatoms. The average molecular weight is 276 g/mol. The van der Waals surface area contributed by atoms with Gasteiger partial charge in [0.2, 0.25) is 5.95 Å². The first-order chi connectivity index (χ1) is 9.60. The molecule has 1 aromatic rings. The van der Waals surface area contributed by atoms with Crippen molar-refractivity contribution in [2.45, 2.75) is 26.1 Å². The molecule has 1 fully saturated rings. The van der Waals surface area contributed by atoms with Gasteiger partial charge in [-0.2, -0.15) is 15.3 Å². The standard InChI is InChI=1S/C12H16N6O2/c1-8-5-18(6-9(2)20-8)11(19)10(3-13)4-14-12-15-7-16-17-12/h4,7-9H,5-6H2,1-2H3,(H2,14,15,16,17)/b10-4-. The highest BCUT2D eigenvalue weighted by molar-refractivity contribution is 5.97. The minimum absolute atomic E-state index is 0.0164. The summed E-state index contributed by atoms with van der Waals surface area (Å²) in [5, 5.41) is 18.1. The minimum atomic E-state index is -0.318. The van der Waals surface area contributed by atoms with Gasteiger partial charge in [0, 0.05) is 19.3 Å². The minimum Gasteiger partial charge on any atom is -0.372 e. The Kier molecular flexibility index (Phi) is 4.32. The van der Waals surface area contributed by atoms with Crippen LogP contribution < -0.4 is 5.32 Å². The fourth-order valence-electron chi connectivity index (χ4n) is 2.07. The lowest BCUT2D eigenvalue weighted by atomic mass is 10.2. The number of H-pyrrole nitrogens is 1. The number of aromatic amines is 1. The smallest absolute Gasteiger partial charge is 0.266 e. The molecule has 2 N–H and O–H groups in total. The van der Waals surface area contributed by atoms with E-state index in [4.69, 9.17) is 10.00 Å². The summed E-state index contributed by atoms with van der Waals surface area (Å²) in [4.78, 5) is 17.7. The summed E-state index contributed by atoms with van der Waals surface area (Å²) in [7, 11) is 0. The van der Waals surface area contributed by atoms with Crippen molar-refractivity contribution in [3.8, 4) is 6.07 Å². The van der Waals surface area contributed by atoms with Crippen LogP contribution in [0.15, 0.2) is 18.1 Å². The number of carbonyl (C=O) groups is 1. The molecule has 1 aliphatic rings. The number of morpholine rings is 1. The molecule has 0 aliphatic carbocycles. The summed E-state index contributed by atoms with van der Waals surface area (Å²) in [6.45, 7) is 4.76. The molecule has 2 rings (SSSR count). The Morgan fingerprint density at radius 2 is 2.30 bits per heavy atom. The van der Waals surface area contributed by atoms with Crippen molar-refractivity contribution < 1.29 is 9.53 Å². The van der Waals surface area contributed by atoms with Gasteiger partial charge >= 0.3 is 0 Å². The zero-order chi connectivity index (χ0) is 14.5. The predicted molar refractivity (Wildman–Crippen MR) is 70.3 cm³/mol. The molecule has 2 heterocycles. The van der Waals surface area contributed by atoms with E-state index in [0.29, 0.717) is 19.0 Å². The fraction of sp³-hybridized carbons (Fsp3) is 0.500. The summed E-state index contributed by atoms with van der Waals surface area (Å²) in [5.74, 6) is 0.0516. The van der Waals surface area contributed by atoms with E-state index in [-0.39, 0.29) is 23.7 Å². The molecular weight excluding hydrogens is 260 g/mol. The molecule has 2 atom stereocenters. The monoisotopic (exact) mass is 276 g/mol. The summed E-state index contributed by atoms with van der Waals surface area (Å²) in [6, 6.07) is 1.90. The highest BCUT2D eigenvalue weighted by Crippen LogP contribution is 2.13. The fourth-order valence-corrected chi connectivity index (χ4v) is 2.07. The molecule has 2 unspecified atom stereocenters. The van der Waals surface area contributed by atoms with E-state index >= 15 is 0 Å². The maximum Gasteiger partial charge on any atom is 0.266 e. The number of hydrogen-bond donors (Lipinski definition) is 2. The van der Waals surface area contributed by atoms with Gasteiger partial charge in [-0.1, -0.05) is 0 Å². The predicted octanol–water partition coefficient (Wildman–Crippen LogP) is 0.260. The summed E-state index contributed by atoms with van der Waals surface area (Å²) >= 11 is 0. The van der Waals surface area contributed by atoms with Crippen molar-refractivity contribution >= 4 is 11.9 Å². The topological polar surface area (TPSA) is 107 Å². The van der Waals surface area contributed by atoms with Crippen molar-refractivity contribution in [3.63, 3.8) is 0 Å². The lowest BCUT2D eigenvalue weighted by molar-refractivity contribution is -0.138.